The fourth-order valence-electron chi connectivity index (χ4n) is 3.12. The van der Waals surface area contributed by atoms with E-state index in [2.05, 4.69) is 20.4 Å². The number of nitrogens with one attached hydrogen (secondary N) is 1. The Labute approximate surface area is 151 Å². The van der Waals surface area contributed by atoms with Crippen molar-refractivity contribution in [1.29, 1.82) is 0 Å². The van der Waals surface area contributed by atoms with Gasteiger partial charge in [-0.1, -0.05) is 12.1 Å². The highest BCUT2D eigenvalue weighted by Gasteiger charge is 2.29. The van der Waals surface area contributed by atoms with E-state index in [0.29, 0.717) is 12.5 Å². The van der Waals surface area contributed by atoms with Crippen LogP contribution < -0.4 is 10.1 Å². The van der Waals surface area contributed by atoms with E-state index in [4.69, 9.17) is 4.74 Å². The van der Waals surface area contributed by atoms with E-state index in [9.17, 15) is 5.11 Å². The van der Waals surface area contributed by atoms with Crippen molar-refractivity contribution in [1.82, 2.24) is 19.7 Å². The molecule has 1 aliphatic rings. The molecule has 2 N–H and O–H groups in total. The molecule has 2 aromatic heterocycles. The van der Waals surface area contributed by atoms with E-state index in [1.807, 2.05) is 42.7 Å². The predicted octanol–water partition coefficient (Wildman–Crippen LogP) is 2.52. The highest BCUT2D eigenvalue weighted by atomic mass is 16.5. The third-order valence-corrected chi connectivity index (χ3v) is 4.66. The molecule has 1 fully saturated rings. The molecule has 0 radical (unpaired) electrons. The number of aliphatic hydroxyl groups is 1. The van der Waals surface area contributed by atoms with E-state index in [-0.39, 0.29) is 6.10 Å². The number of methoxy groups -OCH3 is 1. The molecule has 0 spiro atoms. The van der Waals surface area contributed by atoms with E-state index < -0.39 is 0 Å². The maximum atomic E-state index is 9.46. The second-order valence-corrected chi connectivity index (χ2v) is 6.47. The van der Waals surface area contributed by atoms with E-state index in [1.54, 1.807) is 18.1 Å². The minimum absolute atomic E-state index is 0.188. The number of nitrogens with zero attached hydrogens (tertiary/aromatic N) is 4. The lowest BCUT2D eigenvalue weighted by molar-refractivity contribution is 0.0732. The maximum absolute atomic E-state index is 9.46. The number of ether oxygens (including phenoxy) is 1. The van der Waals surface area contributed by atoms with Crippen molar-refractivity contribution in [2.45, 2.75) is 31.4 Å². The summed E-state index contributed by atoms with van der Waals surface area (Å²) in [5.74, 6) is 1.89. The lowest BCUT2D eigenvalue weighted by Gasteiger charge is -2.30. The molecule has 1 saturated carbocycles. The SMILES string of the molecule is COc1ccccc1-n1cc(CNc2cc(C3CC(O)C3)ncn2)cn1. The molecule has 1 aliphatic carbocycles. The molecule has 0 saturated heterocycles. The monoisotopic (exact) mass is 351 g/mol. The summed E-state index contributed by atoms with van der Waals surface area (Å²) in [5.41, 5.74) is 2.92. The summed E-state index contributed by atoms with van der Waals surface area (Å²) in [5, 5.41) is 17.2. The van der Waals surface area contributed by atoms with Gasteiger partial charge in [0.2, 0.25) is 0 Å². The van der Waals surface area contributed by atoms with Crippen molar-refractivity contribution in [2.75, 3.05) is 12.4 Å². The Morgan fingerprint density at radius 3 is 2.92 bits per heavy atom. The molecule has 4 rings (SSSR count). The zero-order valence-electron chi connectivity index (χ0n) is 14.5. The summed E-state index contributed by atoms with van der Waals surface area (Å²) in [6.07, 6.45) is 6.73. The molecule has 0 unspecified atom stereocenters. The summed E-state index contributed by atoms with van der Waals surface area (Å²) in [4.78, 5) is 8.60. The second-order valence-electron chi connectivity index (χ2n) is 6.47. The van der Waals surface area contributed by atoms with Gasteiger partial charge in [-0.3, -0.25) is 0 Å². The normalized spacial score (nSPS) is 19.0. The van der Waals surface area contributed by atoms with Gasteiger partial charge in [0.1, 0.15) is 23.6 Å². The predicted molar refractivity (Wildman–Crippen MR) is 97.5 cm³/mol. The van der Waals surface area contributed by atoms with Crippen LogP contribution in [0.5, 0.6) is 5.75 Å². The Balaban J connectivity index is 1.43. The average Bonchev–Trinajstić information content (AvgIpc) is 3.13. The standard InChI is InChI=1S/C19H21N5O2/c1-26-18-5-3-2-4-17(18)24-11-13(10-23-24)9-20-19-8-16(21-12-22-19)14-6-15(25)7-14/h2-5,8,10-12,14-15,25H,6-7,9H2,1H3,(H,20,21,22). The van der Waals surface area contributed by atoms with Crippen molar-refractivity contribution in [3.8, 4) is 11.4 Å². The third kappa shape index (κ3) is 3.39. The van der Waals surface area contributed by atoms with Crippen LogP contribution in [0.15, 0.2) is 49.1 Å². The second kappa shape index (κ2) is 7.13. The largest absolute Gasteiger partial charge is 0.494 e. The lowest BCUT2D eigenvalue weighted by atomic mass is 9.80. The van der Waals surface area contributed by atoms with Crippen LogP contribution in [0, 0.1) is 0 Å². The molecule has 0 atom stereocenters. The molecule has 3 aromatic rings. The fourth-order valence-corrected chi connectivity index (χ4v) is 3.12. The minimum atomic E-state index is -0.188. The maximum Gasteiger partial charge on any atom is 0.144 e. The van der Waals surface area contributed by atoms with Gasteiger partial charge in [-0.05, 0) is 25.0 Å². The summed E-state index contributed by atoms with van der Waals surface area (Å²) < 4.78 is 7.19. The number of benzene rings is 1. The Hall–Kier alpha value is -2.93. The molecule has 7 heteroatoms. The van der Waals surface area contributed by atoms with E-state index in [0.717, 1.165) is 41.4 Å². The van der Waals surface area contributed by atoms with Crippen LogP contribution in [0.1, 0.15) is 30.0 Å². The van der Waals surface area contributed by atoms with Crippen LogP contribution in [0.3, 0.4) is 0 Å². The van der Waals surface area contributed by atoms with Crippen LogP contribution in [-0.2, 0) is 6.54 Å². The first-order valence-corrected chi connectivity index (χ1v) is 8.64. The number of anilines is 1. The molecular formula is C19H21N5O2. The number of para-hydroxylation sites is 2. The van der Waals surface area contributed by atoms with Gasteiger partial charge >= 0.3 is 0 Å². The van der Waals surface area contributed by atoms with Crippen LogP contribution in [0.25, 0.3) is 5.69 Å². The molecule has 1 aromatic carbocycles. The van der Waals surface area contributed by atoms with Gasteiger partial charge in [-0.25, -0.2) is 14.6 Å². The first kappa shape index (κ1) is 16.5. The zero-order chi connectivity index (χ0) is 17.9. The van der Waals surface area contributed by atoms with Crippen molar-refractivity contribution in [3.63, 3.8) is 0 Å². The first-order chi connectivity index (χ1) is 12.7. The Bertz CT molecular complexity index is 889. The van der Waals surface area contributed by atoms with Crippen molar-refractivity contribution >= 4 is 5.82 Å². The number of hydrogen-bond acceptors (Lipinski definition) is 6. The summed E-state index contributed by atoms with van der Waals surface area (Å²) >= 11 is 0. The van der Waals surface area contributed by atoms with Gasteiger partial charge in [0, 0.05) is 36.0 Å². The van der Waals surface area contributed by atoms with Gasteiger partial charge in [-0.2, -0.15) is 5.10 Å². The van der Waals surface area contributed by atoms with Crippen LogP contribution >= 0.6 is 0 Å². The molecule has 2 heterocycles. The lowest BCUT2D eigenvalue weighted by Crippen LogP contribution is -2.27. The molecule has 0 amide bonds. The number of aromatic nitrogens is 4. The minimum Gasteiger partial charge on any atom is -0.494 e. The Kier molecular flexibility index (Phi) is 4.53. The molecule has 26 heavy (non-hydrogen) atoms. The average molecular weight is 351 g/mol. The number of hydrogen-bond donors (Lipinski definition) is 2. The van der Waals surface area contributed by atoms with Gasteiger partial charge in [0.15, 0.2) is 0 Å². The van der Waals surface area contributed by atoms with E-state index in [1.165, 1.54) is 0 Å². The topological polar surface area (TPSA) is 85.1 Å². The Morgan fingerprint density at radius 2 is 2.12 bits per heavy atom. The van der Waals surface area contributed by atoms with Gasteiger partial charge < -0.3 is 15.2 Å². The Morgan fingerprint density at radius 1 is 1.27 bits per heavy atom. The molecule has 7 nitrogen and oxygen atoms in total. The number of rotatable bonds is 6. The first-order valence-electron chi connectivity index (χ1n) is 8.64. The van der Waals surface area contributed by atoms with Gasteiger partial charge in [0.25, 0.3) is 0 Å². The van der Waals surface area contributed by atoms with Crippen LogP contribution in [0.4, 0.5) is 5.82 Å². The molecular weight excluding hydrogens is 330 g/mol. The molecule has 0 bridgehead atoms. The summed E-state index contributed by atoms with van der Waals surface area (Å²) in [6, 6.07) is 9.72. The van der Waals surface area contributed by atoms with Gasteiger partial charge in [0.05, 0.1) is 19.4 Å². The van der Waals surface area contributed by atoms with E-state index >= 15 is 0 Å². The smallest absolute Gasteiger partial charge is 0.144 e. The summed E-state index contributed by atoms with van der Waals surface area (Å²) in [6.45, 7) is 0.610. The zero-order valence-corrected chi connectivity index (χ0v) is 14.5. The van der Waals surface area contributed by atoms with Crippen molar-refractivity contribution in [3.05, 3.63) is 60.3 Å². The van der Waals surface area contributed by atoms with Crippen molar-refractivity contribution < 1.29 is 9.84 Å². The third-order valence-electron chi connectivity index (χ3n) is 4.66. The molecule has 134 valence electrons. The highest BCUT2D eigenvalue weighted by Crippen LogP contribution is 2.36. The van der Waals surface area contributed by atoms with Gasteiger partial charge in [-0.15, -0.1) is 0 Å². The quantitative estimate of drug-likeness (QED) is 0.710. The number of aliphatic hydroxyl groups excluding tert-OH is 1. The van der Waals surface area contributed by atoms with Crippen LogP contribution in [0.2, 0.25) is 0 Å². The fraction of sp³-hybridized carbons (Fsp3) is 0.316. The summed E-state index contributed by atoms with van der Waals surface area (Å²) in [7, 11) is 1.65. The van der Waals surface area contributed by atoms with Crippen molar-refractivity contribution in [2.24, 2.45) is 0 Å². The molecule has 0 aliphatic heterocycles. The van der Waals surface area contributed by atoms with Crippen LogP contribution in [-0.4, -0.2) is 38.1 Å². The highest BCUT2D eigenvalue weighted by molar-refractivity contribution is 5.46.